The van der Waals surface area contributed by atoms with Crippen molar-refractivity contribution in [3.8, 4) is 0 Å². The predicted octanol–water partition coefficient (Wildman–Crippen LogP) is 4.82. The highest BCUT2D eigenvalue weighted by atomic mass is 35.5. The van der Waals surface area contributed by atoms with E-state index >= 15 is 0 Å². The van der Waals surface area contributed by atoms with E-state index in [4.69, 9.17) is 11.6 Å². The molecule has 0 fully saturated rings. The van der Waals surface area contributed by atoms with Gasteiger partial charge in [0.1, 0.15) is 0 Å². The first kappa shape index (κ1) is 15.3. The second kappa shape index (κ2) is 6.68. The van der Waals surface area contributed by atoms with Crippen LogP contribution in [0.5, 0.6) is 0 Å². The minimum Gasteiger partial charge on any atom is -0.309 e. The zero-order chi connectivity index (χ0) is 15.5. The number of halogens is 1. The molecular weight excluding hydrogens is 290 g/mol. The van der Waals surface area contributed by atoms with Crippen molar-refractivity contribution in [3.63, 3.8) is 0 Å². The van der Waals surface area contributed by atoms with Gasteiger partial charge in [-0.3, -0.25) is 0 Å². The van der Waals surface area contributed by atoms with Gasteiger partial charge in [0.15, 0.2) is 0 Å². The lowest BCUT2D eigenvalue weighted by molar-refractivity contribution is 0.417. The molecule has 0 unspecified atom stereocenters. The fourth-order valence-electron chi connectivity index (χ4n) is 3.16. The summed E-state index contributed by atoms with van der Waals surface area (Å²) in [7, 11) is 4.23. The van der Waals surface area contributed by atoms with Crippen molar-refractivity contribution in [2.24, 2.45) is 0 Å². The van der Waals surface area contributed by atoms with Crippen molar-refractivity contribution < 1.29 is 0 Å². The third kappa shape index (κ3) is 3.11. The average Bonchev–Trinajstić information content (AvgIpc) is 2.66. The first-order valence-electron chi connectivity index (χ1n) is 7.88. The zero-order valence-electron chi connectivity index (χ0n) is 13.3. The van der Waals surface area contributed by atoms with E-state index in [0.717, 1.165) is 30.8 Å². The van der Waals surface area contributed by atoms with Crippen molar-refractivity contribution in [3.05, 3.63) is 75.8 Å². The van der Waals surface area contributed by atoms with Crippen LogP contribution in [0.1, 0.15) is 28.7 Å². The van der Waals surface area contributed by atoms with Gasteiger partial charge in [-0.15, -0.1) is 0 Å². The summed E-state index contributed by atoms with van der Waals surface area (Å²) in [6, 6.07) is 15.0. The Morgan fingerprint density at radius 2 is 1.77 bits per heavy atom. The van der Waals surface area contributed by atoms with Crippen molar-refractivity contribution in [2.45, 2.75) is 19.3 Å². The summed E-state index contributed by atoms with van der Waals surface area (Å²) in [5, 5.41) is 0.892. The Morgan fingerprint density at radius 1 is 1.00 bits per heavy atom. The molecule has 3 rings (SSSR count). The van der Waals surface area contributed by atoms with Crippen LogP contribution in [0.2, 0.25) is 5.02 Å². The van der Waals surface area contributed by atoms with Gasteiger partial charge in [0, 0.05) is 11.6 Å². The number of benzene rings is 2. The van der Waals surface area contributed by atoms with Gasteiger partial charge in [0.2, 0.25) is 0 Å². The maximum Gasteiger partial charge on any atom is 0.0444 e. The minimum atomic E-state index is 0.892. The molecule has 2 heteroatoms. The number of hydrogen-bond acceptors (Lipinski definition) is 1. The van der Waals surface area contributed by atoms with Gasteiger partial charge in [-0.05, 0) is 67.3 Å². The Labute approximate surface area is 138 Å². The predicted molar refractivity (Wildman–Crippen MR) is 95.6 cm³/mol. The number of hydrogen-bond donors (Lipinski definition) is 0. The molecule has 0 saturated heterocycles. The second-order valence-corrected chi connectivity index (χ2v) is 6.54. The molecule has 0 bridgehead atoms. The van der Waals surface area contributed by atoms with Crippen LogP contribution in [0, 0.1) is 0 Å². The van der Waals surface area contributed by atoms with Gasteiger partial charge < -0.3 is 4.90 Å². The van der Waals surface area contributed by atoms with Crippen LogP contribution in [0.25, 0.3) is 5.57 Å². The lowest BCUT2D eigenvalue weighted by Crippen LogP contribution is -2.12. The van der Waals surface area contributed by atoms with Crippen LogP contribution in [0.3, 0.4) is 0 Å². The van der Waals surface area contributed by atoms with Gasteiger partial charge in [-0.2, -0.15) is 0 Å². The van der Waals surface area contributed by atoms with Crippen LogP contribution in [-0.4, -0.2) is 25.5 Å². The standard InChI is InChI=1S/C20H22ClN/c1-22(2)14-6-10-17-16-8-4-3-7-15(16)12-13-19-18(17)9-5-11-20(19)21/h3-5,7-11H,6,12-14H2,1-2H3/b17-10+. The van der Waals surface area contributed by atoms with Crippen LogP contribution < -0.4 is 0 Å². The fourth-order valence-corrected chi connectivity index (χ4v) is 3.43. The monoisotopic (exact) mass is 311 g/mol. The third-order valence-corrected chi connectivity index (χ3v) is 4.64. The molecular formula is C20H22ClN. The van der Waals surface area contributed by atoms with E-state index in [9.17, 15) is 0 Å². The quantitative estimate of drug-likeness (QED) is 0.785. The molecule has 0 atom stereocenters. The van der Waals surface area contributed by atoms with E-state index in [-0.39, 0.29) is 0 Å². The van der Waals surface area contributed by atoms with E-state index in [2.05, 4.69) is 61.5 Å². The van der Waals surface area contributed by atoms with Gasteiger partial charge in [-0.1, -0.05) is 54.1 Å². The van der Waals surface area contributed by atoms with Crippen molar-refractivity contribution in [1.82, 2.24) is 4.90 Å². The summed E-state index contributed by atoms with van der Waals surface area (Å²) >= 11 is 6.47. The SMILES string of the molecule is CN(C)CC/C=C1\c2ccccc2CCc2c(Cl)cccc21. The van der Waals surface area contributed by atoms with Gasteiger partial charge in [0.05, 0.1) is 0 Å². The van der Waals surface area contributed by atoms with Crippen molar-refractivity contribution in [2.75, 3.05) is 20.6 Å². The summed E-state index contributed by atoms with van der Waals surface area (Å²) in [6.07, 6.45) is 5.48. The molecule has 0 spiro atoms. The van der Waals surface area contributed by atoms with Crippen LogP contribution in [0.15, 0.2) is 48.5 Å². The Balaban J connectivity index is 2.11. The minimum absolute atomic E-state index is 0.892. The van der Waals surface area contributed by atoms with Gasteiger partial charge in [0.25, 0.3) is 0 Å². The molecule has 0 heterocycles. The van der Waals surface area contributed by atoms with E-state index in [1.807, 2.05) is 6.07 Å². The van der Waals surface area contributed by atoms with Crippen molar-refractivity contribution in [1.29, 1.82) is 0 Å². The smallest absolute Gasteiger partial charge is 0.0444 e. The molecule has 0 radical (unpaired) electrons. The van der Waals surface area contributed by atoms with E-state index < -0.39 is 0 Å². The third-order valence-electron chi connectivity index (χ3n) is 4.29. The molecule has 0 N–H and O–H groups in total. The molecule has 0 amide bonds. The maximum absolute atomic E-state index is 6.47. The lowest BCUT2D eigenvalue weighted by atomic mass is 9.93. The van der Waals surface area contributed by atoms with E-state index in [0.29, 0.717) is 0 Å². The average molecular weight is 312 g/mol. The number of rotatable bonds is 3. The normalized spacial score (nSPS) is 15.5. The molecule has 1 aliphatic rings. The first-order chi connectivity index (χ1) is 10.7. The Hall–Kier alpha value is -1.57. The summed E-state index contributed by atoms with van der Waals surface area (Å²) in [5.74, 6) is 0. The van der Waals surface area contributed by atoms with Crippen LogP contribution in [-0.2, 0) is 12.8 Å². The van der Waals surface area contributed by atoms with Crippen LogP contribution >= 0.6 is 11.6 Å². The number of aryl methyl sites for hydroxylation is 1. The molecule has 114 valence electrons. The maximum atomic E-state index is 6.47. The van der Waals surface area contributed by atoms with Crippen molar-refractivity contribution >= 4 is 17.2 Å². The number of nitrogens with zero attached hydrogens (tertiary/aromatic N) is 1. The lowest BCUT2D eigenvalue weighted by Gasteiger charge is -2.14. The summed E-state index contributed by atoms with van der Waals surface area (Å²) < 4.78 is 0. The Bertz CT molecular complexity index is 701. The fraction of sp³-hybridized carbons (Fsp3) is 0.300. The van der Waals surface area contributed by atoms with E-state index in [1.165, 1.54) is 27.8 Å². The molecule has 2 aromatic rings. The molecule has 1 nitrogen and oxygen atoms in total. The van der Waals surface area contributed by atoms with Crippen LogP contribution in [0.4, 0.5) is 0 Å². The Morgan fingerprint density at radius 3 is 2.59 bits per heavy atom. The molecule has 22 heavy (non-hydrogen) atoms. The topological polar surface area (TPSA) is 3.24 Å². The summed E-state index contributed by atoms with van der Waals surface area (Å²) in [6.45, 7) is 1.06. The highest BCUT2D eigenvalue weighted by Gasteiger charge is 2.19. The zero-order valence-corrected chi connectivity index (χ0v) is 14.0. The highest BCUT2D eigenvalue weighted by Crippen LogP contribution is 2.36. The molecule has 0 aliphatic heterocycles. The van der Waals surface area contributed by atoms with Gasteiger partial charge >= 0.3 is 0 Å². The van der Waals surface area contributed by atoms with E-state index in [1.54, 1.807) is 0 Å². The second-order valence-electron chi connectivity index (χ2n) is 6.13. The largest absolute Gasteiger partial charge is 0.309 e. The summed E-state index contributed by atoms with van der Waals surface area (Å²) in [4.78, 5) is 2.22. The molecule has 0 aromatic heterocycles. The Kier molecular flexibility index (Phi) is 4.66. The summed E-state index contributed by atoms with van der Waals surface area (Å²) in [5.41, 5.74) is 6.72. The highest BCUT2D eigenvalue weighted by molar-refractivity contribution is 6.31. The number of fused-ring (bicyclic) bond motifs is 2. The molecule has 2 aromatic carbocycles. The molecule has 1 aliphatic carbocycles. The molecule has 0 saturated carbocycles. The first-order valence-corrected chi connectivity index (χ1v) is 8.25. The van der Waals surface area contributed by atoms with Gasteiger partial charge in [-0.25, -0.2) is 0 Å².